The summed E-state index contributed by atoms with van der Waals surface area (Å²) in [4.78, 5) is 17.2. The quantitative estimate of drug-likeness (QED) is 0.577. The van der Waals surface area contributed by atoms with Gasteiger partial charge in [0, 0.05) is 0 Å². The lowest BCUT2D eigenvalue weighted by molar-refractivity contribution is 0.0998. The molecule has 0 N–H and O–H groups in total. The van der Waals surface area contributed by atoms with Gasteiger partial charge in [-0.3, -0.25) is 4.79 Å². The van der Waals surface area contributed by atoms with E-state index in [2.05, 4.69) is 10.9 Å². The van der Waals surface area contributed by atoms with Crippen LogP contribution in [0.2, 0.25) is 8.67 Å². The van der Waals surface area contributed by atoms with Gasteiger partial charge in [0.15, 0.2) is 4.80 Å². The molecule has 0 radical (unpaired) electrons. The van der Waals surface area contributed by atoms with E-state index in [0.29, 0.717) is 25.8 Å². The van der Waals surface area contributed by atoms with Gasteiger partial charge in [-0.1, -0.05) is 46.5 Å². The molecular formula is C17H12Cl2N2O2S2. The van der Waals surface area contributed by atoms with Crippen LogP contribution in [0.4, 0.5) is 0 Å². The van der Waals surface area contributed by atoms with Gasteiger partial charge >= 0.3 is 0 Å². The first-order valence-corrected chi connectivity index (χ1v) is 9.66. The Kier molecular flexibility index (Phi) is 5.50. The summed E-state index contributed by atoms with van der Waals surface area (Å²) in [5.74, 6) is 2.85. The molecular weight excluding hydrogens is 399 g/mol. The maximum Gasteiger partial charge on any atom is 0.282 e. The van der Waals surface area contributed by atoms with Gasteiger partial charge in [0.1, 0.15) is 15.6 Å². The first-order chi connectivity index (χ1) is 12.0. The molecule has 0 aliphatic rings. The number of rotatable bonds is 4. The van der Waals surface area contributed by atoms with Crippen LogP contribution >= 0.6 is 45.9 Å². The van der Waals surface area contributed by atoms with Gasteiger partial charge < -0.3 is 9.30 Å². The fourth-order valence-electron chi connectivity index (χ4n) is 2.33. The summed E-state index contributed by atoms with van der Waals surface area (Å²) in [5, 5.41) is 0. The Labute approximate surface area is 162 Å². The van der Waals surface area contributed by atoms with E-state index in [4.69, 9.17) is 34.4 Å². The number of hydrogen-bond donors (Lipinski definition) is 0. The molecule has 128 valence electrons. The lowest BCUT2D eigenvalue weighted by atomic mass is 10.3. The number of hydrogen-bond acceptors (Lipinski definition) is 4. The first kappa shape index (κ1) is 18.0. The van der Waals surface area contributed by atoms with Crippen molar-refractivity contribution in [1.29, 1.82) is 0 Å². The SMILES string of the molecule is C#CCn1c(=NC(=O)c2cc(Cl)sc2Cl)sc2cccc(OCC)c21. The maximum atomic E-state index is 12.5. The van der Waals surface area contributed by atoms with E-state index in [-0.39, 0.29) is 12.1 Å². The zero-order valence-corrected chi connectivity index (χ0v) is 16.2. The smallest absolute Gasteiger partial charge is 0.282 e. The van der Waals surface area contributed by atoms with Crippen molar-refractivity contribution in [2.24, 2.45) is 4.99 Å². The number of carbonyl (C=O) groups excluding carboxylic acids is 1. The van der Waals surface area contributed by atoms with Crippen LogP contribution in [0, 0.1) is 12.3 Å². The number of aromatic nitrogens is 1. The van der Waals surface area contributed by atoms with Crippen LogP contribution in [0.25, 0.3) is 10.2 Å². The van der Waals surface area contributed by atoms with E-state index < -0.39 is 5.91 Å². The van der Waals surface area contributed by atoms with Crippen LogP contribution in [0.15, 0.2) is 29.3 Å². The summed E-state index contributed by atoms with van der Waals surface area (Å²) in [5.41, 5.74) is 1.11. The molecule has 0 bridgehead atoms. The summed E-state index contributed by atoms with van der Waals surface area (Å²) in [7, 11) is 0. The molecule has 0 spiro atoms. The number of fused-ring (bicyclic) bond motifs is 1. The van der Waals surface area contributed by atoms with Crippen LogP contribution in [0.3, 0.4) is 0 Å². The van der Waals surface area contributed by atoms with Gasteiger partial charge in [-0.2, -0.15) is 4.99 Å². The number of carbonyl (C=O) groups is 1. The fraction of sp³-hybridized carbons (Fsp3) is 0.176. The minimum absolute atomic E-state index is 0.272. The Balaban J connectivity index is 2.20. The van der Waals surface area contributed by atoms with E-state index in [0.717, 1.165) is 21.6 Å². The van der Waals surface area contributed by atoms with E-state index in [9.17, 15) is 4.79 Å². The van der Waals surface area contributed by atoms with Gasteiger partial charge in [0.2, 0.25) is 0 Å². The molecule has 25 heavy (non-hydrogen) atoms. The maximum absolute atomic E-state index is 12.5. The highest BCUT2D eigenvalue weighted by molar-refractivity contribution is 7.20. The third-order valence-electron chi connectivity index (χ3n) is 3.30. The molecule has 0 unspecified atom stereocenters. The number of benzene rings is 1. The summed E-state index contributed by atoms with van der Waals surface area (Å²) >= 11 is 14.5. The topological polar surface area (TPSA) is 43.6 Å². The Morgan fingerprint density at radius 2 is 2.20 bits per heavy atom. The van der Waals surface area contributed by atoms with Crippen molar-refractivity contribution >= 4 is 62.0 Å². The van der Waals surface area contributed by atoms with Crippen LogP contribution in [0.5, 0.6) is 5.75 Å². The van der Waals surface area contributed by atoms with Crippen molar-refractivity contribution in [3.63, 3.8) is 0 Å². The lowest BCUT2D eigenvalue weighted by Crippen LogP contribution is -2.16. The minimum atomic E-state index is -0.455. The minimum Gasteiger partial charge on any atom is -0.492 e. The largest absolute Gasteiger partial charge is 0.492 e. The number of thiophene rings is 1. The first-order valence-electron chi connectivity index (χ1n) is 7.27. The predicted octanol–water partition coefficient (Wildman–Crippen LogP) is 4.84. The fourth-order valence-corrected chi connectivity index (χ4v) is 4.82. The highest BCUT2D eigenvalue weighted by atomic mass is 35.5. The van der Waals surface area contributed by atoms with Crippen molar-refractivity contribution in [2.45, 2.75) is 13.5 Å². The molecule has 1 aromatic carbocycles. The monoisotopic (exact) mass is 410 g/mol. The number of amides is 1. The summed E-state index contributed by atoms with van der Waals surface area (Å²) in [6.07, 6.45) is 5.50. The summed E-state index contributed by atoms with van der Waals surface area (Å²) < 4.78 is 9.17. The van der Waals surface area contributed by atoms with Crippen LogP contribution in [0.1, 0.15) is 17.3 Å². The highest BCUT2D eigenvalue weighted by Gasteiger charge is 2.16. The second-order valence-corrected chi connectivity index (χ2v) is 8.16. The average molecular weight is 411 g/mol. The number of terminal acetylenes is 1. The molecule has 0 saturated heterocycles. The number of ether oxygens (including phenoxy) is 1. The molecule has 4 nitrogen and oxygen atoms in total. The third-order valence-corrected chi connectivity index (χ3v) is 5.83. The second-order valence-electron chi connectivity index (χ2n) is 4.87. The number of nitrogens with zero attached hydrogens (tertiary/aromatic N) is 2. The predicted molar refractivity (Wildman–Crippen MR) is 104 cm³/mol. The molecule has 1 amide bonds. The molecule has 8 heteroatoms. The molecule has 0 aliphatic heterocycles. The van der Waals surface area contributed by atoms with E-state index in [1.807, 2.05) is 25.1 Å². The molecule has 0 atom stereocenters. The van der Waals surface area contributed by atoms with E-state index >= 15 is 0 Å². The van der Waals surface area contributed by atoms with Crippen molar-refractivity contribution in [1.82, 2.24) is 4.57 Å². The van der Waals surface area contributed by atoms with Gasteiger partial charge in [-0.05, 0) is 25.1 Å². The molecule has 0 aliphatic carbocycles. The van der Waals surface area contributed by atoms with Crippen molar-refractivity contribution < 1.29 is 9.53 Å². The van der Waals surface area contributed by atoms with Crippen molar-refractivity contribution in [3.05, 3.63) is 43.3 Å². The third kappa shape index (κ3) is 3.60. The molecule has 3 aromatic rings. The zero-order chi connectivity index (χ0) is 18.0. The molecule has 0 saturated carbocycles. The lowest BCUT2D eigenvalue weighted by Gasteiger charge is -2.07. The van der Waals surface area contributed by atoms with Crippen molar-refractivity contribution in [3.8, 4) is 18.1 Å². The van der Waals surface area contributed by atoms with Gasteiger partial charge in [0.05, 0.1) is 27.8 Å². The number of thiazole rings is 1. The summed E-state index contributed by atoms with van der Waals surface area (Å²) in [6, 6.07) is 7.22. The van der Waals surface area contributed by atoms with Gasteiger partial charge in [-0.25, -0.2) is 0 Å². The average Bonchev–Trinajstić information content (AvgIpc) is 3.09. The van der Waals surface area contributed by atoms with Crippen molar-refractivity contribution in [2.75, 3.05) is 6.61 Å². The van der Waals surface area contributed by atoms with Gasteiger partial charge in [-0.15, -0.1) is 17.8 Å². The number of para-hydroxylation sites is 1. The zero-order valence-electron chi connectivity index (χ0n) is 13.1. The standard InChI is InChI=1S/C17H12Cl2N2O2S2/c1-3-8-21-14-11(23-4-2)6-5-7-12(14)24-17(21)20-16(22)10-9-13(18)25-15(10)19/h1,5-7,9H,4,8H2,2H3. The van der Waals surface area contributed by atoms with Crippen LogP contribution in [-0.4, -0.2) is 17.1 Å². The van der Waals surface area contributed by atoms with E-state index in [1.54, 1.807) is 4.57 Å². The Bertz CT molecular complexity index is 1060. The molecule has 3 rings (SSSR count). The second kappa shape index (κ2) is 7.63. The summed E-state index contributed by atoms with van der Waals surface area (Å²) in [6.45, 7) is 2.71. The Hall–Kier alpha value is -1.78. The highest BCUT2D eigenvalue weighted by Crippen LogP contribution is 2.32. The van der Waals surface area contributed by atoms with Gasteiger partial charge in [0.25, 0.3) is 5.91 Å². The Morgan fingerprint density at radius 1 is 1.40 bits per heavy atom. The van der Waals surface area contributed by atoms with Crippen LogP contribution < -0.4 is 9.54 Å². The molecule has 0 fully saturated rings. The van der Waals surface area contributed by atoms with Crippen LogP contribution in [-0.2, 0) is 6.54 Å². The number of halogens is 2. The Morgan fingerprint density at radius 3 is 2.84 bits per heavy atom. The molecule has 2 aromatic heterocycles. The molecule has 2 heterocycles. The normalized spacial score (nSPS) is 11.7. The van der Waals surface area contributed by atoms with E-state index in [1.165, 1.54) is 17.4 Å².